The highest BCUT2D eigenvalue weighted by Gasteiger charge is 2.28. The molecule has 0 saturated carbocycles. The zero-order valence-electron chi connectivity index (χ0n) is 13.5. The van der Waals surface area contributed by atoms with E-state index in [9.17, 15) is 4.79 Å². The third-order valence-corrected chi connectivity index (χ3v) is 3.41. The van der Waals surface area contributed by atoms with Gasteiger partial charge in [0.05, 0.1) is 12.8 Å². The second-order valence-electron chi connectivity index (χ2n) is 5.53. The number of benzene rings is 1. The van der Waals surface area contributed by atoms with Gasteiger partial charge < -0.3 is 14.8 Å². The molecular weight excluding hydrogens is 280 g/mol. The summed E-state index contributed by atoms with van der Waals surface area (Å²) in [7, 11) is 1.60. The number of nitrogens with zero attached hydrogens (tertiary/aromatic N) is 1. The molecule has 2 aromatic rings. The lowest BCUT2D eigenvalue weighted by Crippen LogP contribution is -2.40. The van der Waals surface area contributed by atoms with Crippen LogP contribution in [0.15, 0.2) is 30.5 Å². The molecule has 0 fully saturated rings. The Balaban J connectivity index is 2.31. The van der Waals surface area contributed by atoms with Crippen molar-refractivity contribution in [3.63, 3.8) is 0 Å². The van der Waals surface area contributed by atoms with Crippen LogP contribution in [0.25, 0.3) is 10.9 Å². The fourth-order valence-electron chi connectivity index (χ4n) is 2.12. The Kier molecular flexibility index (Phi) is 4.98. The van der Waals surface area contributed by atoms with Gasteiger partial charge in [-0.05, 0) is 44.5 Å². The summed E-state index contributed by atoms with van der Waals surface area (Å²) in [4.78, 5) is 16.8. The molecule has 0 saturated heterocycles. The Labute approximate surface area is 130 Å². The summed E-state index contributed by atoms with van der Waals surface area (Å²) in [6.45, 7) is 6.09. The first-order chi connectivity index (χ1) is 10.5. The molecule has 0 atom stereocenters. The number of anilines is 1. The van der Waals surface area contributed by atoms with E-state index in [-0.39, 0.29) is 5.91 Å². The SMILES string of the molecule is CCCOC(C)(C)C(=O)Nc1ccc(OC)c2ncccc12. The molecular formula is C17H22N2O3. The number of hydrogen-bond acceptors (Lipinski definition) is 4. The van der Waals surface area contributed by atoms with Gasteiger partial charge in [0.15, 0.2) is 0 Å². The van der Waals surface area contributed by atoms with E-state index in [2.05, 4.69) is 10.3 Å². The van der Waals surface area contributed by atoms with Gasteiger partial charge in [-0.25, -0.2) is 0 Å². The third-order valence-electron chi connectivity index (χ3n) is 3.41. The molecule has 2 rings (SSSR count). The molecule has 0 aliphatic rings. The van der Waals surface area contributed by atoms with Gasteiger partial charge in [-0.1, -0.05) is 6.92 Å². The minimum Gasteiger partial charge on any atom is -0.494 e. The van der Waals surface area contributed by atoms with Crippen molar-refractivity contribution in [2.45, 2.75) is 32.8 Å². The van der Waals surface area contributed by atoms with E-state index in [1.54, 1.807) is 33.2 Å². The van der Waals surface area contributed by atoms with E-state index in [4.69, 9.17) is 9.47 Å². The number of nitrogens with one attached hydrogen (secondary N) is 1. The maximum absolute atomic E-state index is 12.5. The Morgan fingerprint density at radius 2 is 2.09 bits per heavy atom. The van der Waals surface area contributed by atoms with Gasteiger partial charge in [0.1, 0.15) is 16.9 Å². The van der Waals surface area contributed by atoms with Gasteiger partial charge in [0, 0.05) is 18.2 Å². The van der Waals surface area contributed by atoms with Gasteiger partial charge in [0.25, 0.3) is 5.91 Å². The standard InChI is InChI=1S/C17H22N2O3/c1-5-11-22-17(2,3)16(20)19-13-8-9-14(21-4)15-12(13)7-6-10-18-15/h6-10H,5,11H2,1-4H3,(H,19,20). The van der Waals surface area contributed by atoms with Crippen molar-refractivity contribution < 1.29 is 14.3 Å². The molecule has 1 N–H and O–H groups in total. The van der Waals surface area contributed by atoms with Crippen molar-refractivity contribution in [3.8, 4) is 5.75 Å². The van der Waals surface area contributed by atoms with Crippen LogP contribution < -0.4 is 10.1 Å². The minimum absolute atomic E-state index is 0.184. The molecule has 5 nitrogen and oxygen atoms in total. The Morgan fingerprint density at radius 3 is 2.77 bits per heavy atom. The first-order valence-electron chi connectivity index (χ1n) is 7.36. The Bertz CT molecular complexity index is 668. The van der Waals surface area contributed by atoms with E-state index in [1.807, 2.05) is 25.1 Å². The zero-order valence-corrected chi connectivity index (χ0v) is 13.5. The topological polar surface area (TPSA) is 60.5 Å². The number of carbonyl (C=O) groups excluding carboxylic acids is 1. The minimum atomic E-state index is -0.884. The molecule has 0 spiro atoms. The summed E-state index contributed by atoms with van der Waals surface area (Å²) < 4.78 is 10.9. The number of rotatable bonds is 6. The number of methoxy groups -OCH3 is 1. The van der Waals surface area contributed by atoms with Gasteiger partial charge in [-0.3, -0.25) is 9.78 Å². The molecule has 5 heteroatoms. The number of fused-ring (bicyclic) bond motifs is 1. The van der Waals surface area contributed by atoms with Crippen LogP contribution >= 0.6 is 0 Å². The molecule has 118 valence electrons. The van der Waals surface area contributed by atoms with Crippen LogP contribution in [-0.4, -0.2) is 30.2 Å². The molecule has 0 aliphatic carbocycles. The predicted octanol–water partition coefficient (Wildman–Crippen LogP) is 3.39. The fourth-order valence-corrected chi connectivity index (χ4v) is 2.12. The lowest BCUT2D eigenvalue weighted by atomic mass is 10.1. The van der Waals surface area contributed by atoms with E-state index < -0.39 is 5.60 Å². The second kappa shape index (κ2) is 6.75. The van der Waals surface area contributed by atoms with Crippen LogP contribution in [0.3, 0.4) is 0 Å². The van der Waals surface area contributed by atoms with Gasteiger partial charge in [-0.2, -0.15) is 0 Å². The highest BCUT2D eigenvalue weighted by molar-refractivity contribution is 6.05. The largest absolute Gasteiger partial charge is 0.494 e. The average molecular weight is 302 g/mol. The average Bonchev–Trinajstić information content (AvgIpc) is 2.53. The Morgan fingerprint density at radius 1 is 1.32 bits per heavy atom. The van der Waals surface area contributed by atoms with Crippen molar-refractivity contribution >= 4 is 22.5 Å². The van der Waals surface area contributed by atoms with Crippen LogP contribution in [0.5, 0.6) is 5.75 Å². The lowest BCUT2D eigenvalue weighted by Gasteiger charge is -2.24. The summed E-state index contributed by atoms with van der Waals surface area (Å²) in [5.41, 5.74) is 0.530. The van der Waals surface area contributed by atoms with Gasteiger partial charge in [0.2, 0.25) is 0 Å². The van der Waals surface area contributed by atoms with E-state index in [0.29, 0.717) is 18.0 Å². The summed E-state index contributed by atoms with van der Waals surface area (Å²) >= 11 is 0. The molecule has 1 amide bonds. The zero-order chi connectivity index (χ0) is 16.2. The molecule has 0 radical (unpaired) electrons. The molecule has 0 unspecified atom stereocenters. The fraction of sp³-hybridized carbons (Fsp3) is 0.412. The highest BCUT2D eigenvalue weighted by atomic mass is 16.5. The molecule has 22 heavy (non-hydrogen) atoms. The molecule has 1 heterocycles. The molecule has 0 bridgehead atoms. The highest BCUT2D eigenvalue weighted by Crippen LogP contribution is 2.30. The van der Waals surface area contributed by atoms with Crippen LogP contribution in [-0.2, 0) is 9.53 Å². The van der Waals surface area contributed by atoms with Crippen LogP contribution in [0.1, 0.15) is 27.2 Å². The Hall–Kier alpha value is -2.14. The smallest absolute Gasteiger partial charge is 0.256 e. The predicted molar refractivity (Wildman–Crippen MR) is 87.2 cm³/mol. The van der Waals surface area contributed by atoms with Crippen molar-refractivity contribution in [2.24, 2.45) is 0 Å². The van der Waals surface area contributed by atoms with Crippen molar-refractivity contribution in [3.05, 3.63) is 30.5 Å². The molecule has 1 aromatic heterocycles. The van der Waals surface area contributed by atoms with Gasteiger partial charge >= 0.3 is 0 Å². The van der Waals surface area contributed by atoms with Crippen LogP contribution in [0.4, 0.5) is 5.69 Å². The number of hydrogen-bond donors (Lipinski definition) is 1. The summed E-state index contributed by atoms with van der Waals surface area (Å²) in [5.74, 6) is 0.492. The first-order valence-corrected chi connectivity index (χ1v) is 7.36. The number of carbonyl (C=O) groups is 1. The molecule has 1 aromatic carbocycles. The number of ether oxygens (including phenoxy) is 2. The first kappa shape index (κ1) is 16.2. The van der Waals surface area contributed by atoms with E-state index in [0.717, 1.165) is 17.3 Å². The van der Waals surface area contributed by atoms with Crippen molar-refractivity contribution in [1.29, 1.82) is 0 Å². The van der Waals surface area contributed by atoms with Crippen LogP contribution in [0.2, 0.25) is 0 Å². The summed E-state index contributed by atoms with van der Waals surface area (Å²) in [6.07, 6.45) is 2.57. The quantitative estimate of drug-likeness (QED) is 0.888. The maximum atomic E-state index is 12.5. The summed E-state index contributed by atoms with van der Waals surface area (Å²) in [6, 6.07) is 7.35. The van der Waals surface area contributed by atoms with Crippen molar-refractivity contribution in [2.75, 3.05) is 19.0 Å². The van der Waals surface area contributed by atoms with E-state index >= 15 is 0 Å². The molecule has 0 aliphatic heterocycles. The maximum Gasteiger partial charge on any atom is 0.256 e. The van der Waals surface area contributed by atoms with Gasteiger partial charge in [-0.15, -0.1) is 0 Å². The number of pyridine rings is 1. The normalized spacial score (nSPS) is 11.5. The summed E-state index contributed by atoms with van der Waals surface area (Å²) in [5, 5.41) is 3.76. The number of aromatic nitrogens is 1. The van der Waals surface area contributed by atoms with E-state index in [1.165, 1.54) is 0 Å². The lowest BCUT2D eigenvalue weighted by molar-refractivity contribution is -0.137. The van der Waals surface area contributed by atoms with Crippen molar-refractivity contribution in [1.82, 2.24) is 4.98 Å². The number of amides is 1. The second-order valence-corrected chi connectivity index (χ2v) is 5.53. The monoisotopic (exact) mass is 302 g/mol. The third kappa shape index (κ3) is 3.36. The van der Waals surface area contributed by atoms with Crippen LogP contribution in [0, 0.1) is 0 Å².